The minimum atomic E-state index is -3.40. The van der Waals surface area contributed by atoms with Crippen molar-refractivity contribution in [3.8, 4) is 0 Å². The first-order chi connectivity index (χ1) is 14.0. The van der Waals surface area contributed by atoms with Gasteiger partial charge in [0.05, 0.1) is 12.0 Å². The van der Waals surface area contributed by atoms with E-state index in [-0.39, 0.29) is 11.4 Å². The van der Waals surface area contributed by atoms with Crippen LogP contribution in [0.25, 0.3) is 0 Å². The summed E-state index contributed by atoms with van der Waals surface area (Å²) >= 11 is 0. The molecule has 0 unspecified atom stereocenters. The van der Waals surface area contributed by atoms with Gasteiger partial charge in [0.25, 0.3) is 10.2 Å². The van der Waals surface area contributed by atoms with Gasteiger partial charge in [-0.05, 0) is 44.2 Å². The summed E-state index contributed by atoms with van der Waals surface area (Å²) in [5.74, 6) is 0.112. The number of hydrogen-bond donors (Lipinski definition) is 0. The van der Waals surface area contributed by atoms with Gasteiger partial charge in [0.2, 0.25) is 5.91 Å². The van der Waals surface area contributed by atoms with Gasteiger partial charge in [-0.25, -0.2) is 0 Å². The summed E-state index contributed by atoms with van der Waals surface area (Å²) < 4.78 is 36.6. The van der Waals surface area contributed by atoms with Crippen LogP contribution in [0.5, 0.6) is 0 Å². The quantitative estimate of drug-likeness (QED) is 0.713. The molecular formula is C20H32N4O4S. The lowest BCUT2D eigenvalue weighted by Crippen LogP contribution is -2.46. The Kier molecular flexibility index (Phi) is 6.29. The van der Waals surface area contributed by atoms with Crippen molar-refractivity contribution in [2.45, 2.75) is 44.1 Å². The smallest absolute Gasteiger partial charge is 0.282 e. The van der Waals surface area contributed by atoms with Gasteiger partial charge in [0, 0.05) is 64.9 Å². The molecule has 3 fully saturated rings. The zero-order valence-corrected chi connectivity index (χ0v) is 17.9. The molecule has 0 atom stereocenters. The maximum absolute atomic E-state index is 13.2. The molecular weight excluding hydrogens is 392 g/mol. The first-order valence-electron chi connectivity index (χ1n) is 10.8. The average molecular weight is 425 g/mol. The SMILES string of the molecule is O=C(CC1(n2cccc2)CCOCC1)N1CCCN(S(=O)(=O)N2CCCC2)CC1. The second kappa shape index (κ2) is 8.75. The molecule has 0 radical (unpaired) electrons. The zero-order valence-electron chi connectivity index (χ0n) is 17.0. The molecule has 1 aromatic heterocycles. The van der Waals surface area contributed by atoms with Crippen LogP contribution in [0.4, 0.5) is 0 Å². The molecule has 0 bridgehead atoms. The Hall–Kier alpha value is -1.42. The number of hydrogen-bond acceptors (Lipinski definition) is 4. The molecule has 162 valence electrons. The monoisotopic (exact) mass is 424 g/mol. The van der Waals surface area contributed by atoms with Gasteiger partial charge in [-0.15, -0.1) is 0 Å². The summed E-state index contributed by atoms with van der Waals surface area (Å²) in [5.41, 5.74) is -0.244. The highest BCUT2D eigenvalue weighted by atomic mass is 32.2. The van der Waals surface area contributed by atoms with E-state index in [0.29, 0.717) is 65.3 Å². The molecule has 0 aromatic carbocycles. The maximum atomic E-state index is 13.2. The van der Waals surface area contributed by atoms with Gasteiger partial charge >= 0.3 is 0 Å². The van der Waals surface area contributed by atoms with Crippen molar-refractivity contribution in [3.63, 3.8) is 0 Å². The van der Waals surface area contributed by atoms with Crippen molar-refractivity contribution in [2.75, 3.05) is 52.5 Å². The van der Waals surface area contributed by atoms with E-state index in [4.69, 9.17) is 4.74 Å². The van der Waals surface area contributed by atoms with Gasteiger partial charge in [-0.3, -0.25) is 4.79 Å². The van der Waals surface area contributed by atoms with E-state index >= 15 is 0 Å². The molecule has 3 saturated heterocycles. The van der Waals surface area contributed by atoms with Crippen LogP contribution in [-0.4, -0.2) is 84.9 Å². The number of carbonyl (C=O) groups excluding carboxylic acids is 1. The fraction of sp³-hybridized carbons (Fsp3) is 0.750. The highest BCUT2D eigenvalue weighted by Crippen LogP contribution is 2.34. The fourth-order valence-electron chi connectivity index (χ4n) is 4.78. The lowest BCUT2D eigenvalue weighted by molar-refractivity contribution is -0.134. The zero-order chi connectivity index (χ0) is 20.3. The first kappa shape index (κ1) is 20.8. The average Bonchev–Trinajstić information content (AvgIpc) is 3.39. The Bertz CT molecular complexity index is 783. The van der Waals surface area contributed by atoms with E-state index in [9.17, 15) is 13.2 Å². The molecule has 4 heterocycles. The molecule has 1 aromatic rings. The van der Waals surface area contributed by atoms with Crippen LogP contribution in [0.3, 0.4) is 0 Å². The normalized spacial score (nSPS) is 24.5. The number of amides is 1. The van der Waals surface area contributed by atoms with E-state index in [1.165, 1.54) is 0 Å². The number of ether oxygens (including phenoxy) is 1. The Labute approximate surface area is 173 Å². The third-order valence-electron chi connectivity index (χ3n) is 6.58. The topological polar surface area (TPSA) is 75.1 Å². The predicted octanol–water partition coefficient (Wildman–Crippen LogP) is 1.26. The van der Waals surface area contributed by atoms with Crippen molar-refractivity contribution in [3.05, 3.63) is 24.5 Å². The van der Waals surface area contributed by atoms with Gasteiger partial charge in [-0.2, -0.15) is 17.0 Å². The lowest BCUT2D eigenvalue weighted by Gasteiger charge is -2.39. The summed E-state index contributed by atoms with van der Waals surface area (Å²) in [6, 6.07) is 3.99. The van der Waals surface area contributed by atoms with Gasteiger partial charge in [-0.1, -0.05) is 0 Å². The highest BCUT2D eigenvalue weighted by Gasteiger charge is 2.38. The Morgan fingerprint density at radius 3 is 2.17 bits per heavy atom. The molecule has 0 spiro atoms. The number of nitrogens with zero attached hydrogens (tertiary/aromatic N) is 4. The molecule has 8 nitrogen and oxygen atoms in total. The summed E-state index contributed by atoms with van der Waals surface area (Å²) in [5, 5.41) is 0. The van der Waals surface area contributed by atoms with E-state index in [2.05, 4.69) is 4.57 Å². The van der Waals surface area contributed by atoms with Crippen molar-refractivity contribution in [2.24, 2.45) is 0 Å². The molecule has 3 aliphatic heterocycles. The largest absolute Gasteiger partial charge is 0.381 e. The van der Waals surface area contributed by atoms with Gasteiger partial charge < -0.3 is 14.2 Å². The Balaban J connectivity index is 1.41. The van der Waals surface area contributed by atoms with Crippen LogP contribution in [-0.2, 0) is 25.3 Å². The second-order valence-corrected chi connectivity index (χ2v) is 10.3. The Morgan fingerprint density at radius 2 is 1.48 bits per heavy atom. The van der Waals surface area contributed by atoms with Crippen LogP contribution < -0.4 is 0 Å². The van der Waals surface area contributed by atoms with Crippen molar-refractivity contribution in [1.29, 1.82) is 0 Å². The van der Waals surface area contributed by atoms with Gasteiger partial charge in [0.15, 0.2) is 0 Å². The molecule has 1 amide bonds. The molecule has 0 N–H and O–H groups in total. The predicted molar refractivity (Wildman–Crippen MR) is 110 cm³/mol. The van der Waals surface area contributed by atoms with E-state index in [1.54, 1.807) is 8.61 Å². The Morgan fingerprint density at radius 1 is 0.862 bits per heavy atom. The van der Waals surface area contributed by atoms with Crippen LogP contribution >= 0.6 is 0 Å². The molecule has 0 saturated carbocycles. The lowest BCUT2D eigenvalue weighted by atomic mass is 9.85. The van der Waals surface area contributed by atoms with E-state index in [1.807, 2.05) is 29.4 Å². The minimum Gasteiger partial charge on any atom is -0.381 e. The van der Waals surface area contributed by atoms with Gasteiger partial charge in [0.1, 0.15) is 0 Å². The summed E-state index contributed by atoms with van der Waals surface area (Å²) in [4.78, 5) is 15.1. The molecule has 4 rings (SSSR count). The van der Waals surface area contributed by atoms with Crippen LogP contribution in [0.15, 0.2) is 24.5 Å². The van der Waals surface area contributed by atoms with Crippen molar-refractivity contribution >= 4 is 16.1 Å². The summed E-state index contributed by atoms with van der Waals surface area (Å²) in [6.45, 7) is 4.49. The first-order valence-corrected chi connectivity index (χ1v) is 12.2. The molecule has 0 aliphatic carbocycles. The second-order valence-electron chi connectivity index (χ2n) is 8.35. The molecule has 29 heavy (non-hydrogen) atoms. The third kappa shape index (κ3) is 4.38. The third-order valence-corrected chi connectivity index (χ3v) is 8.62. The van der Waals surface area contributed by atoms with Crippen molar-refractivity contribution < 1.29 is 17.9 Å². The molecule has 9 heteroatoms. The number of carbonyl (C=O) groups is 1. The van der Waals surface area contributed by atoms with Crippen molar-refractivity contribution in [1.82, 2.24) is 18.1 Å². The summed E-state index contributed by atoms with van der Waals surface area (Å²) in [6.07, 6.45) is 8.68. The minimum absolute atomic E-state index is 0.112. The highest BCUT2D eigenvalue weighted by molar-refractivity contribution is 7.86. The van der Waals surface area contributed by atoms with E-state index in [0.717, 1.165) is 25.7 Å². The molecule has 3 aliphatic rings. The maximum Gasteiger partial charge on any atom is 0.282 e. The fourth-order valence-corrected chi connectivity index (χ4v) is 6.50. The summed E-state index contributed by atoms with van der Waals surface area (Å²) in [7, 11) is -3.40. The van der Waals surface area contributed by atoms with Crippen LogP contribution in [0.2, 0.25) is 0 Å². The van der Waals surface area contributed by atoms with Crippen LogP contribution in [0.1, 0.15) is 38.5 Å². The van der Waals surface area contributed by atoms with E-state index < -0.39 is 10.2 Å². The number of rotatable bonds is 5. The standard InChI is InChI=1S/C20H32N4O4S/c25-19(18-20(6-16-28-17-7-20)22-9-1-2-10-22)21-8-5-13-24(15-14-21)29(26,27)23-11-3-4-12-23/h1-2,9-10H,3-8,11-18H2. The van der Waals surface area contributed by atoms with Crippen LogP contribution in [0, 0.1) is 0 Å². The number of aromatic nitrogens is 1.